The van der Waals surface area contributed by atoms with Crippen molar-refractivity contribution in [1.29, 1.82) is 0 Å². The molecule has 28 heavy (non-hydrogen) atoms. The first-order valence-electron chi connectivity index (χ1n) is 9.31. The number of carbonyl (C=O) groups is 1. The Kier molecular flexibility index (Phi) is 4.85. The van der Waals surface area contributed by atoms with Crippen LogP contribution in [-0.4, -0.2) is 32.1 Å². The van der Waals surface area contributed by atoms with Crippen LogP contribution in [0.5, 0.6) is 0 Å². The number of rotatable bonds is 4. The minimum Gasteiger partial charge on any atom is -0.335 e. The zero-order valence-electron chi connectivity index (χ0n) is 16.2. The van der Waals surface area contributed by atoms with E-state index < -0.39 is 0 Å². The topological polar surface area (TPSA) is 77.0 Å². The molecule has 0 fully saturated rings. The van der Waals surface area contributed by atoms with E-state index >= 15 is 0 Å². The average Bonchev–Trinajstić information content (AvgIpc) is 3.21. The van der Waals surface area contributed by atoms with Gasteiger partial charge in [0.15, 0.2) is 5.82 Å². The molecule has 0 saturated carbocycles. The largest absolute Gasteiger partial charge is 0.335 e. The normalized spacial score (nSPS) is 16.8. The number of nitrogen functional groups attached to an aromatic ring is 1. The first-order valence-corrected chi connectivity index (χ1v) is 10.2. The Bertz CT molecular complexity index is 1010. The zero-order chi connectivity index (χ0) is 19.8. The molecule has 1 aromatic heterocycles. The average molecular weight is 394 g/mol. The summed E-state index contributed by atoms with van der Waals surface area (Å²) in [6.45, 7) is 6.00. The van der Waals surface area contributed by atoms with Crippen LogP contribution in [0.2, 0.25) is 0 Å². The van der Waals surface area contributed by atoms with Gasteiger partial charge in [0.1, 0.15) is 0 Å². The van der Waals surface area contributed by atoms with Crippen LogP contribution in [0.15, 0.2) is 53.7 Å². The molecule has 144 valence electrons. The van der Waals surface area contributed by atoms with Crippen molar-refractivity contribution in [2.24, 2.45) is 0 Å². The molecule has 1 aliphatic heterocycles. The molecule has 0 saturated heterocycles. The minimum atomic E-state index is -0.328. The van der Waals surface area contributed by atoms with Crippen LogP contribution in [0.1, 0.15) is 25.0 Å². The van der Waals surface area contributed by atoms with E-state index in [0.29, 0.717) is 11.0 Å². The summed E-state index contributed by atoms with van der Waals surface area (Å²) in [5, 5.41) is 8.62. The fraction of sp³-hybridized carbons (Fsp3) is 0.286. The SMILES string of the molecule is Cc1ccc(-c2nnc(S[C@H](C)C(=O)N3c4ccccc4C[C@@H]3C)n2N)cc1. The highest BCUT2D eigenvalue weighted by Gasteiger charge is 2.34. The fourth-order valence-electron chi connectivity index (χ4n) is 3.56. The van der Waals surface area contributed by atoms with Gasteiger partial charge in [-0.1, -0.05) is 59.8 Å². The monoisotopic (exact) mass is 393 g/mol. The van der Waals surface area contributed by atoms with Gasteiger partial charge in [0.05, 0.1) is 5.25 Å². The number of carbonyl (C=O) groups excluding carboxylic acids is 1. The number of nitrogens with zero attached hydrogens (tertiary/aromatic N) is 4. The van der Waals surface area contributed by atoms with Crippen LogP contribution in [0.3, 0.4) is 0 Å². The van der Waals surface area contributed by atoms with Crippen LogP contribution < -0.4 is 10.7 Å². The van der Waals surface area contributed by atoms with Gasteiger partial charge in [-0.15, -0.1) is 10.2 Å². The summed E-state index contributed by atoms with van der Waals surface area (Å²) in [5.74, 6) is 6.87. The maximum Gasteiger partial charge on any atom is 0.240 e. The molecule has 7 heteroatoms. The lowest BCUT2D eigenvalue weighted by atomic mass is 10.1. The van der Waals surface area contributed by atoms with Gasteiger partial charge in [-0.2, -0.15) is 0 Å². The molecule has 2 atom stereocenters. The molecule has 0 aliphatic carbocycles. The van der Waals surface area contributed by atoms with E-state index in [9.17, 15) is 4.79 Å². The number of nitrogens with two attached hydrogens (primary N) is 1. The molecular weight excluding hydrogens is 370 g/mol. The Morgan fingerprint density at radius 3 is 2.64 bits per heavy atom. The highest BCUT2D eigenvalue weighted by atomic mass is 32.2. The molecular formula is C21H23N5OS. The molecule has 2 heterocycles. The van der Waals surface area contributed by atoms with Gasteiger partial charge in [0, 0.05) is 17.3 Å². The molecule has 0 bridgehead atoms. The molecule has 6 nitrogen and oxygen atoms in total. The number of para-hydroxylation sites is 1. The van der Waals surface area contributed by atoms with Crippen molar-refractivity contribution in [3.63, 3.8) is 0 Å². The molecule has 3 aromatic rings. The van der Waals surface area contributed by atoms with Gasteiger partial charge in [-0.05, 0) is 38.8 Å². The number of amides is 1. The zero-order valence-corrected chi connectivity index (χ0v) is 17.0. The summed E-state index contributed by atoms with van der Waals surface area (Å²) in [7, 11) is 0. The smallest absolute Gasteiger partial charge is 0.240 e. The Morgan fingerprint density at radius 1 is 1.18 bits per heavy atom. The van der Waals surface area contributed by atoms with Crippen LogP contribution >= 0.6 is 11.8 Å². The predicted molar refractivity (Wildman–Crippen MR) is 113 cm³/mol. The Balaban J connectivity index is 1.53. The van der Waals surface area contributed by atoms with Crippen molar-refractivity contribution in [1.82, 2.24) is 14.9 Å². The van der Waals surface area contributed by atoms with E-state index in [-0.39, 0.29) is 17.2 Å². The number of fused-ring (bicyclic) bond motifs is 1. The lowest BCUT2D eigenvalue weighted by molar-refractivity contribution is -0.118. The number of hydrogen-bond donors (Lipinski definition) is 1. The summed E-state index contributed by atoms with van der Waals surface area (Å²) in [6, 6.07) is 16.2. The van der Waals surface area contributed by atoms with E-state index in [1.807, 2.05) is 61.2 Å². The molecule has 1 amide bonds. The number of hydrogen-bond acceptors (Lipinski definition) is 5. The van der Waals surface area contributed by atoms with Gasteiger partial charge in [0.25, 0.3) is 0 Å². The molecule has 1 aliphatic rings. The first-order chi connectivity index (χ1) is 13.5. The lowest BCUT2D eigenvalue weighted by Gasteiger charge is -2.25. The highest BCUT2D eigenvalue weighted by Crippen LogP contribution is 2.34. The van der Waals surface area contributed by atoms with E-state index in [1.54, 1.807) is 0 Å². The molecule has 2 aromatic carbocycles. The van der Waals surface area contributed by atoms with Crippen molar-refractivity contribution in [3.05, 3.63) is 59.7 Å². The second-order valence-electron chi connectivity index (χ2n) is 7.19. The number of thioether (sulfide) groups is 1. The van der Waals surface area contributed by atoms with Crippen molar-refractivity contribution in [3.8, 4) is 11.4 Å². The quantitative estimate of drug-likeness (QED) is 0.543. The van der Waals surface area contributed by atoms with Crippen molar-refractivity contribution < 1.29 is 4.79 Å². The highest BCUT2D eigenvalue weighted by molar-refractivity contribution is 8.00. The second-order valence-corrected chi connectivity index (χ2v) is 8.50. The number of aromatic nitrogens is 3. The van der Waals surface area contributed by atoms with E-state index in [2.05, 4.69) is 23.2 Å². The van der Waals surface area contributed by atoms with Crippen molar-refractivity contribution in [2.45, 2.75) is 43.6 Å². The van der Waals surface area contributed by atoms with Crippen LogP contribution in [0, 0.1) is 6.92 Å². The number of benzene rings is 2. The fourth-order valence-corrected chi connectivity index (χ4v) is 4.38. The minimum absolute atomic E-state index is 0.0577. The molecule has 4 rings (SSSR count). The van der Waals surface area contributed by atoms with Crippen LogP contribution in [0.4, 0.5) is 5.69 Å². The van der Waals surface area contributed by atoms with Gasteiger partial charge < -0.3 is 10.7 Å². The number of aryl methyl sites for hydroxylation is 1. The maximum absolute atomic E-state index is 13.2. The third kappa shape index (κ3) is 3.26. The van der Waals surface area contributed by atoms with Crippen molar-refractivity contribution >= 4 is 23.4 Å². The second kappa shape index (κ2) is 7.31. The third-order valence-electron chi connectivity index (χ3n) is 5.05. The summed E-state index contributed by atoms with van der Waals surface area (Å²) < 4.78 is 1.46. The maximum atomic E-state index is 13.2. The van der Waals surface area contributed by atoms with Crippen LogP contribution in [0.25, 0.3) is 11.4 Å². The lowest BCUT2D eigenvalue weighted by Crippen LogP contribution is -2.40. The predicted octanol–water partition coefficient (Wildman–Crippen LogP) is 3.43. The van der Waals surface area contributed by atoms with Crippen LogP contribution in [-0.2, 0) is 11.2 Å². The van der Waals surface area contributed by atoms with E-state index in [4.69, 9.17) is 5.84 Å². The summed E-state index contributed by atoms with van der Waals surface area (Å²) >= 11 is 1.33. The molecule has 0 unspecified atom stereocenters. The summed E-state index contributed by atoms with van der Waals surface area (Å²) in [6.07, 6.45) is 0.879. The van der Waals surface area contributed by atoms with Gasteiger partial charge in [-0.25, -0.2) is 4.68 Å². The number of anilines is 1. The Labute approximate surface area is 168 Å². The van der Waals surface area contributed by atoms with Gasteiger partial charge >= 0.3 is 0 Å². The standard InChI is InChI=1S/C21H23N5OS/c1-13-8-10-16(11-9-13)19-23-24-21(26(19)22)28-15(3)20(27)25-14(2)12-17-6-4-5-7-18(17)25/h4-11,14-15H,12,22H2,1-3H3/t14-,15+/m0/s1. The summed E-state index contributed by atoms with van der Waals surface area (Å²) in [5.41, 5.74) is 4.28. The van der Waals surface area contributed by atoms with Crippen molar-refractivity contribution in [2.75, 3.05) is 10.7 Å². The van der Waals surface area contributed by atoms with Gasteiger partial charge in [0.2, 0.25) is 11.1 Å². The Hall–Kier alpha value is -2.80. The van der Waals surface area contributed by atoms with E-state index in [0.717, 1.165) is 17.7 Å². The first kappa shape index (κ1) is 18.6. The Morgan fingerprint density at radius 2 is 1.89 bits per heavy atom. The molecule has 0 spiro atoms. The van der Waals surface area contributed by atoms with E-state index in [1.165, 1.54) is 27.6 Å². The third-order valence-corrected chi connectivity index (χ3v) is 6.09. The molecule has 0 radical (unpaired) electrons. The summed E-state index contributed by atoms with van der Waals surface area (Å²) in [4.78, 5) is 15.0. The van der Waals surface area contributed by atoms with Gasteiger partial charge in [-0.3, -0.25) is 4.79 Å². The molecule has 2 N–H and O–H groups in total.